The van der Waals surface area contributed by atoms with Gasteiger partial charge in [-0.3, -0.25) is 5.41 Å². The topological polar surface area (TPSA) is 52.6 Å². The van der Waals surface area contributed by atoms with Gasteiger partial charge in [0.15, 0.2) is 11.4 Å². The molecule has 194 valence electrons. The number of nitrogens with zero attached hydrogens (tertiary/aromatic N) is 2. The highest BCUT2D eigenvalue weighted by Gasteiger charge is 2.35. The molecule has 1 unspecified atom stereocenters. The quantitative estimate of drug-likeness (QED) is 0.191. The van der Waals surface area contributed by atoms with Crippen LogP contribution in [-0.2, 0) is 0 Å². The van der Waals surface area contributed by atoms with Gasteiger partial charge in [0.25, 0.3) is 0 Å². The van der Waals surface area contributed by atoms with Gasteiger partial charge in [0.1, 0.15) is 11.4 Å². The lowest BCUT2D eigenvalue weighted by molar-refractivity contribution is 0.341. The maximum absolute atomic E-state index is 9.08. The lowest BCUT2D eigenvalue weighted by Crippen LogP contribution is -2.48. The number of amidine groups is 2. The molecule has 1 aromatic heterocycles. The standard InChI is InChI=1S/C36H29N3O/c1-24-21-22-36(3,25(2)23-24)39(4)35(38-34(37)27-15-9-6-10-16-27)33-28(26-13-7-5-8-14-26)19-20-31-32(33)29-17-11-12-18-30(29)40-31/h5-11,13-17,19-23,37H,1H2,2-4H3/b37-34?,38-35-. The van der Waals surface area contributed by atoms with Crippen molar-refractivity contribution in [1.82, 2.24) is 4.90 Å². The van der Waals surface area contributed by atoms with Gasteiger partial charge >= 0.3 is 0 Å². The van der Waals surface area contributed by atoms with Crippen molar-refractivity contribution in [1.29, 1.82) is 5.41 Å². The Labute approximate surface area is 234 Å². The molecule has 0 radical (unpaired) electrons. The third-order valence-electron chi connectivity index (χ3n) is 7.82. The van der Waals surface area contributed by atoms with E-state index < -0.39 is 5.54 Å². The van der Waals surface area contributed by atoms with Crippen LogP contribution in [0.15, 0.2) is 130 Å². The van der Waals surface area contributed by atoms with Gasteiger partial charge in [-0.25, -0.2) is 4.99 Å². The zero-order chi connectivity index (χ0) is 27.9. The van der Waals surface area contributed by atoms with Gasteiger partial charge in [-0.2, -0.15) is 0 Å². The van der Waals surface area contributed by atoms with Crippen LogP contribution in [0.25, 0.3) is 33.1 Å². The monoisotopic (exact) mass is 519 g/mol. The fourth-order valence-electron chi connectivity index (χ4n) is 5.32. The Morgan fingerprint density at radius 3 is 2.45 bits per heavy atom. The molecule has 0 amide bonds. The molecule has 5 aromatic rings. The number of fused-ring (bicyclic) bond motifs is 3. The average molecular weight is 520 g/mol. The van der Waals surface area contributed by atoms with Gasteiger partial charge in [-0.15, -0.1) is 0 Å². The first-order chi connectivity index (χ1) is 19.4. The number of nitrogens with one attached hydrogen (secondary N) is 1. The number of aliphatic imine (C=N–C) groups is 1. The highest BCUT2D eigenvalue weighted by molar-refractivity contribution is 6.23. The zero-order valence-corrected chi connectivity index (χ0v) is 22.8. The molecule has 1 aliphatic rings. The van der Waals surface area contributed by atoms with Gasteiger partial charge < -0.3 is 9.32 Å². The number of rotatable bonds is 4. The zero-order valence-electron chi connectivity index (χ0n) is 22.8. The Balaban J connectivity index is 1.70. The van der Waals surface area contributed by atoms with Gasteiger partial charge in [0.2, 0.25) is 0 Å². The SMILES string of the molecule is C=C1C=CC(C)(N(C)/C(=N\C(=N)c2ccccc2)c2c(-c3ccccc3)ccc3oc4c#cccc4c23)C(C)=C1. The molecule has 0 saturated carbocycles. The van der Waals surface area contributed by atoms with Crippen LogP contribution in [0.2, 0.25) is 0 Å². The molecule has 0 saturated heterocycles. The van der Waals surface area contributed by atoms with Crippen LogP contribution in [0.1, 0.15) is 25.0 Å². The van der Waals surface area contributed by atoms with Gasteiger partial charge in [-0.1, -0.05) is 91.5 Å². The van der Waals surface area contributed by atoms with E-state index in [1.807, 2.05) is 79.9 Å². The Bertz CT molecular complexity index is 1860. The number of allylic oxidation sites excluding steroid dienone is 3. The molecule has 1 heterocycles. The first-order valence-electron chi connectivity index (χ1n) is 13.2. The van der Waals surface area contributed by atoms with Crippen LogP contribution in [0.4, 0.5) is 0 Å². The molecule has 4 nitrogen and oxygen atoms in total. The molecule has 0 spiro atoms. The Hall–Kier alpha value is -5.14. The molecule has 4 heteroatoms. The summed E-state index contributed by atoms with van der Waals surface area (Å²) in [6.07, 6.45) is 6.30. The van der Waals surface area contributed by atoms with Crippen molar-refractivity contribution in [3.05, 3.63) is 144 Å². The summed E-state index contributed by atoms with van der Waals surface area (Å²) in [7, 11) is 2.04. The Morgan fingerprint density at radius 1 is 1.00 bits per heavy atom. The minimum atomic E-state index is -0.507. The molecule has 6 rings (SSSR count). The second kappa shape index (κ2) is 9.87. The summed E-state index contributed by atoms with van der Waals surface area (Å²) in [5.74, 6) is 0.849. The summed E-state index contributed by atoms with van der Waals surface area (Å²) >= 11 is 0. The van der Waals surface area contributed by atoms with E-state index in [1.165, 1.54) is 0 Å². The van der Waals surface area contributed by atoms with E-state index in [0.29, 0.717) is 11.4 Å². The van der Waals surface area contributed by atoms with Crippen LogP contribution in [0.3, 0.4) is 0 Å². The molecule has 1 aliphatic carbocycles. The number of hydrogen-bond donors (Lipinski definition) is 1. The molecule has 1 atom stereocenters. The largest absolute Gasteiger partial charge is 0.447 e. The van der Waals surface area contributed by atoms with Crippen molar-refractivity contribution >= 4 is 33.6 Å². The van der Waals surface area contributed by atoms with Gasteiger partial charge in [-0.05, 0) is 66.5 Å². The molecule has 40 heavy (non-hydrogen) atoms. The maximum atomic E-state index is 9.08. The molecule has 4 aromatic carbocycles. The molecule has 1 N–H and O–H groups in total. The van der Waals surface area contributed by atoms with Crippen molar-refractivity contribution in [2.75, 3.05) is 7.05 Å². The van der Waals surface area contributed by atoms with Crippen molar-refractivity contribution in [2.45, 2.75) is 19.4 Å². The summed E-state index contributed by atoms with van der Waals surface area (Å²) in [4.78, 5) is 7.26. The summed E-state index contributed by atoms with van der Waals surface area (Å²) in [6, 6.07) is 34.0. The van der Waals surface area contributed by atoms with Crippen LogP contribution in [-0.4, -0.2) is 29.2 Å². The molecule has 0 aliphatic heterocycles. The van der Waals surface area contributed by atoms with Crippen LogP contribution < -0.4 is 0 Å². The van der Waals surface area contributed by atoms with Crippen molar-refractivity contribution in [3.8, 4) is 11.1 Å². The average Bonchev–Trinajstić information content (AvgIpc) is 3.37. The second-order valence-electron chi connectivity index (χ2n) is 10.3. The lowest BCUT2D eigenvalue weighted by atomic mass is 9.84. The minimum absolute atomic E-state index is 0.181. The fraction of sp³-hybridized carbons (Fsp3) is 0.111. The molecule has 0 fully saturated rings. The summed E-state index contributed by atoms with van der Waals surface area (Å²) < 4.78 is 6.26. The van der Waals surface area contributed by atoms with E-state index in [-0.39, 0.29) is 5.84 Å². The van der Waals surface area contributed by atoms with E-state index in [9.17, 15) is 0 Å². The van der Waals surface area contributed by atoms with E-state index >= 15 is 0 Å². The minimum Gasteiger partial charge on any atom is -0.447 e. The normalized spacial score (nSPS) is 17.1. The van der Waals surface area contributed by atoms with E-state index in [1.54, 1.807) is 0 Å². The molecule has 0 bridgehead atoms. The fourth-order valence-corrected chi connectivity index (χ4v) is 5.32. The smallest absolute Gasteiger partial charge is 0.185 e. The Morgan fingerprint density at radius 2 is 1.73 bits per heavy atom. The van der Waals surface area contributed by atoms with E-state index in [2.05, 4.69) is 67.8 Å². The van der Waals surface area contributed by atoms with Crippen molar-refractivity contribution < 1.29 is 4.42 Å². The number of hydrogen-bond acceptors (Lipinski definition) is 2. The van der Waals surface area contributed by atoms with Gasteiger partial charge in [0.05, 0.1) is 5.54 Å². The van der Waals surface area contributed by atoms with Crippen LogP contribution in [0, 0.1) is 17.5 Å². The van der Waals surface area contributed by atoms with Crippen LogP contribution >= 0.6 is 0 Å². The van der Waals surface area contributed by atoms with Crippen molar-refractivity contribution in [3.63, 3.8) is 0 Å². The highest BCUT2D eigenvalue weighted by Crippen LogP contribution is 2.40. The summed E-state index contributed by atoms with van der Waals surface area (Å²) in [5.41, 5.74) is 6.66. The highest BCUT2D eigenvalue weighted by atomic mass is 16.3. The molecular formula is C36H29N3O. The first kappa shape index (κ1) is 25.2. The van der Waals surface area contributed by atoms with E-state index in [4.69, 9.17) is 14.8 Å². The predicted octanol–water partition coefficient (Wildman–Crippen LogP) is 8.39. The third kappa shape index (κ3) is 4.22. The summed E-state index contributed by atoms with van der Waals surface area (Å²) in [6.45, 7) is 8.42. The number of benzene rings is 3. The Kier molecular flexibility index (Phi) is 6.21. The van der Waals surface area contributed by atoms with Gasteiger partial charge in [0, 0.05) is 28.9 Å². The number of likely N-dealkylation sites (N-methyl/N-ethyl adjacent to an activating group) is 1. The van der Waals surface area contributed by atoms with Crippen LogP contribution in [0.5, 0.6) is 0 Å². The molecular weight excluding hydrogens is 490 g/mol. The maximum Gasteiger partial charge on any atom is 0.185 e. The van der Waals surface area contributed by atoms with Crippen molar-refractivity contribution in [2.24, 2.45) is 4.99 Å². The lowest BCUT2D eigenvalue weighted by Gasteiger charge is -2.42. The summed E-state index contributed by atoms with van der Waals surface area (Å²) in [5, 5.41) is 10.9. The predicted molar refractivity (Wildman–Crippen MR) is 165 cm³/mol. The number of furan rings is 1. The second-order valence-corrected chi connectivity index (χ2v) is 10.3. The first-order valence-corrected chi connectivity index (χ1v) is 13.2. The third-order valence-corrected chi connectivity index (χ3v) is 7.82. The van der Waals surface area contributed by atoms with E-state index in [0.717, 1.165) is 49.8 Å².